The summed E-state index contributed by atoms with van der Waals surface area (Å²) < 4.78 is 4.77. The molecule has 0 unspecified atom stereocenters. The molecule has 0 aromatic carbocycles. The van der Waals surface area contributed by atoms with E-state index in [0.717, 1.165) is 0 Å². The molecule has 0 aromatic rings. The molecule has 0 aliphatic rings. The molecule has 40 valence electrons. The van der Waals surface area contributed by atoms with E-state index in [-0.39, 0.29) is 55.8 Å². The molecule has 0 heterocycles. The smallest absolute Gasteiger partial charge is 0.509 e. The minimum atomic E-state index is 0. The van der Waals surface area contributed by atoms with Gasteiger partial charge in [-0.1, -0.05) is 12.7 Å². The fourth-order valence-corrected chi connectivity index (χ4v) is 0.263. The summed E-state index contributed by atoms with van der Waals surface area (Å²) in [5, 5.41) is 0. The molecule has 0 amide bonds. The summed E-state index contributed by atoms with van der Waals surface area (Å²) >= 11 is 8.81. The van der Waals surface area contributed by atoms with Gasteiger partial charge in [0.2, 0.25) is 0 Å². The largest absolute Gasteiger partial charge is 1.00 e. The predicted octanol–water partition coefficient (Wildman–Crippen LogP) is -1.98. The Kier molecular flexibility index (Phi) is 12.9. The molecular formula is C4H5KOS2. The Bertz CT molecular complexity index is 84.1. The molecule has 0 bridgehead atoms. The van der Waals surface area contributed by atoms with Crippen LogP contribution in [0.2, 0.25) is 0 Å². The topological polar surface area (TPSA) is 9.23 Å². The van der Waals surface area contributed by atoms with Crippen LogP contribution < -0.4 is 51.4 Å². The minimum Gasteiger partial charge on any atom is -0.509 e. The summed E-state index contributed by atoms with van der Waals surface area (Å²) in [5.41, 5.74) is 0. The maximum Gasteiger partial charge on any atom is 1.00 e. The Labute approximate surface area is 103 Å². The molecule has 4 heteroatoms. The van der Waals surface area contributed by atoms with Crippen LogP contribution >= 0.6 is 12.2 Å². The molecule has 0 saturated carbocycles. The van der Waals surface area contributed by atoms with Gasteiger partial charge in [-0.2, -0.15) is 0 Å². The first-order valence-corrected chi connectivity index (χ1v) is 2.53. The van der Waals surface area contributed by atoms with Crippen LogP contribution in [0.25, 0.3) is 0 Å². The first-order chi connectivity index (χ1) is 3.27. The third-order valence-corrected chi connectivity index (χ3v) is 0.555. The van der Waals surface area contributed by atoms with Crippen molar-refractivity contribution < 1.29 is 56.1 Å². The van der Waals surface area contributed by atoms with Crippen molar-refractivity contribution in [2.75, 3.05) is 6.61 Å². The average Bonchev–Trinajstić information content (AvgIpc) is 1.61. The van der Waals surface area contributed by atoms with Crippen molar-refractivity contribution in [3.8, 4) is 0 Å². The first kappa shape index (κ1) is 12.2. The second-order valence-electron chi connectivity index (χ2n) is 0.850. The van der Waals surface area contributed by atoms with E-state index in [1.165, 1.54) is 0 Å². The van der Waals surface area contributed by atoms with Gasteiger partial charge in [-0.25, -0.2) is 0 Å². The first-order valence-electron chi connectivity index (χ1n) is 1.72. The van der Waals surface area contributed by atoms with Crippen molar-refractivity contribution in [1.82, 2.24) is 0 Å². The van der Waals surface area contributed by atoms with Crippen molar-refractivity contribution in [2.24, 2.45) is 0 Å². The molecule has 0 fully saturated rings. The number of ether oxygens (including phenoxy) is 1. The molecule has 0 aliphatic heterocycles. The van der Waals surface area contributed by atoms with E-state index in [1.54, 1.807) is 6.08 Å². The molecule has 0 spiro atoms. The summed E-state index contributed by atoms with van der Waals surface area (Å²) in [4.78, 5) is 0. The maximum absolute atomic E-state index is 4.62. The standard InChI is InChI=1S/C4H6OS2.K/c1-2-3-5-4(6)7;/h2H,1,3H2,(H,6,7);/q;+1/p-1. The van der Waals surface area contributed by atoms with Crippen LogP contribution in [0, 0.1) is 0 Å². The van der Waals surface area contributed by atoms with Crippen LogP contribution in [0.1, 0.15) is 0 Å². The van der Waals surface area contributed by atoms with E-state index >= 15 is 0 Å². The maximum atomic E-state index is 4.62. The Balaban J connectivity index is 0. The number of thiocarbonyl (C=S) groups is 1. The molecule has 0 saturated heterocycles. The van der Waals surface area contributed by atoms with Crippen molar-refractivity contribution in [3.63, 3.8) is 0 Å². The van der Waals surface area contributed by atoms with Crippen molar-refractivity contribution in [1.29, 1.82) is 0 Å². The van der Waals surface area contributed by atoms with Gasteiger partial charge in [0, 0.05) is 4.38 Å². The summed E-state index contributed by atoms with van der Waals surface area (Å²) in [5.74, 6) is 0. The Morgan fingerprint density at radius 1 is 1.88 bits per heavy atom. The second-order valence-corrected chi connectivity index (χ2v) is 1.85. The van der Waals surface area contributed by atoms with Crippen LogP contribution in [-0.4, -0.2) is 11.0 Å². The summed E-state index contributed by atoms with van der Waals surface area (Å²) in [7, 11) is 0. The van der Waals surface area contributed by atoms with E-state index < -0.39 is 0 Å². The quantitative estimate of drug-likeness (QED) is 0.207. The molecule has 0 aromatic heterocycles. The number of hydrogen-bond acceptors (Lipinski definition) is 3. The normalized spacial score (nSPS) is 6.50. The SMILES string of the molecule is C=CCOC(=S)[S-].[K+]. The van der Waals surface area contributed by atoms with Gasteiger partial charge in [-0.3, -0.25) is 0 Å². The van der Waals surface area contributed by atoms with Crippen LogP contribution in [0.15, 0.2) is 12.7 Å². The summed E-state index contributed by atoms with van der Waals surface area (Å²) in [6.45, 7) is 3.82. The Hall–Kier alpha value is 1.49. The third kappa shape index (κ3) is 10.5. The number of rotatable bonds is 2. The van der Waals surface area contributed by atoms with Gasteiger partial charge in [0.05, 0.1) is 0 Å². The molecule has 0 aliphatic carbocycles. The minimum absolute atomic E-state index is 0. The molecule has 0 atom stereocenters. The molecule has 0 radical (unpaired) electrons. The zero-order valence-electron chi connectivity index (χ0n) is 4.72. The van der Waals surface area contributed by atoms with Gasteiger partial charge >= 0.3 is 51.4 Å². The van der Waals surface area contributed by atoms with Crippen LogP contribution in [0.3, 0.4) is 0 Å². The molecule has 8 heavy (non-hydrogen) atoms. The second kappa shape index (κ2) is 8.49. The Morgan fingerprint density at radius 3 is 2.50 bits per heavy atom. The zero-order valence-corrected chi connectivity index (χ0v) is 9.47. The van der Waals surface area contributed by atoms with Gasteiger partial charge in [0.1, 0.15) is 6.61 Å². The van der Waals surface area contributed by atoms with Gasteiger partial charge in [0.15, 0.2) is 0 Å². The van der Waals surface area contributed by atoms with Gasteiger partial charge in [0.25, 0.3) is 0 Å². The van der Waals surface area contributed by atoms with Crippen molar-refractivity contribution >= 4 is 29.2 Å². The van der Waals surface area contributed by atoms with E-state index in [2.05, 4.69) is 36.2 Å². The van der Waals surface area contributed by atoms with Gasteiger partial charge < -0.3 is 29.6 Å². The fourth-order valence-electron chi connectivity index (χ4n) is 0.127. The van der Waals surface area contributed by atoms with E-state index in [4.69, 9.17) is 0 Å². The zero-order chi connectivity index (χ0) is 5.70. The molecule has 1 nitrogen and oxygen atoms in total. The van der Waals surface area contributed by atoms with Gasteiger partial charge in [-0.05, 0) is 0 Å². The number of hydrogen-bond donors (Lipinski definition) is 0. The molecular weight excluding hydrogens is 167 g/mol. The van der Waals surface area contributed by atoms with Crippen LogP contribution in [0.5, 0.6) is 0 Å². The van der Waals surface area contributed by atoms with Crippen molar-refractivity contribution in [2.45, 2.75) is 0 Å². The molecule has 0 rings (SSSR count). The predicted molar refractivity (Wildman–Crippen MR) is 36.1 cm³/mol. The third-order valence-electron chi connectivity index (χ3n) is 0.319. The van der Waals surface area contributed by atoms with Crippen LogP contribution in [0.4, 0.5) is 0 Å². The molecule has 0 N–H and O–H groups in total. The van der Waals surface area contributed by atoms with Crippen LogP contribution in [-0.2, 0) is 17.4 Å². The average molecular weight is 172 g/mol. The van der Waals surface area contributed by atoms with Gasteiger partial charge in [-0.15, -0.1) is 0 Å². The van der Waals surface area contributed by atoms with Crippen molar-refractivity contribution in [3.05, 3.63) is 12.7 Å². The monoisotopic (exact) mass is 172 g/mol. The summed E-state index contributed by atoms with van der Waals surface area (Å²) in [6, 6.07) is 0. The van der Waals surface area contributed by atoms with E-state index in [0.29, 0.717) is 6.61 Å². The fraction of sp³-hybridized carbons (Fsp3) is 0.250. The van der Waals surface area contributed by atoms with E-state index in [1.807, 2.05) is 0 Å². The summed E-state index contributed by atoms with van der Waals surface area (Å²) in [6.07, 6.45) is 1.60. The van der Waals surface area contributed by atoms with E-state index in [9.17, 15) is 0 Å². The Morgan fingerprint density at radius 2 is 2.38 bits per heavy atom.